The molecule has 2 saturated heterocycles. The van der Waals surface area contributed by atoms with Crippen molar-refractivity contribution in [2.75, 3.05) is 44.9 Å². The average molecular weight is 357 g/mol. The van der Waals surface area contributed by atoms with Crippen LogP contribution < -0.4 is 15.0 Å². The largest absolute Gasteiger partial charge is 0.481 e. The first kappa shape index (κ1) is 16.8. The summed E-state index contributed by atoms with van der Waals surface area (Å²) in [6, 6.07) is 5.54. The topological polar surface area (TPSA) is 81.5 Å². The van der Waals surface area contributed by atoms with Crippen molar-refractivity contribution in [3.8, 4) is 5.88 Å². The summed E-state index contributed by atoms with van der Waals surface area (Å²) in [6.45, 7) is 3.56. The van der Waals surface area contributed by atoms with Crippen molar-refractivity contribution in [2.24, 2.45) is 18.4 Å². The standard InChI is InChI=1S/C18H23N5O3/c1-22-5-3-4-14(22)17(24)19-9-18-10-23(7-13(18)8-26-11-18)15-6-16(25-2)21-12-20-15/h3-6,12-13H,7-11H2,1-2H3,(H,19,24)/t13-,18+/m0/s1. The maximum Gasteiger partial charge on any atom is 0.267 e. The lowest BCUT2D eigenvalue weighted by Gasteiger charge is -2.27. The van der Waals surface area contributed by atoms with Gasteiger partial charge in [-0.1, -0.05) is 0 Å². The molecule has 4 heterocycles. The van der Waals surface area contributed by atoms with Gasteiger partial charge in [-0.15, -0.1) is 0 Å². The highest BCUT2D eigenvalue weighted by Gasteiger charge is 2.51. The number of carbonyl (C=O) groups excluding carboxylic acids is 1. The van der Waals surface area contributed by atoms with E-state index in [0.717, 1.165) is 18.9 Å². The van der Waals surface area contributed by atoms with E-state index in [9.17, 15) is 4.79 Å². The lowest BCUT2D eigenvalue weighted by atomic mass is 9.81. The molecule has 0 saturated carbocycles. The molecule has 2 aliphatic rings. The number of rotatable bonds is 5. The number of methoxy groups -OCH3 is 1. The fourth-order valence-corrected chi connectivity index (χ4v) is 3.92. The van der Waals surface area contributed by atoms with Crippen LogP contribution in [0.1, 0.15) is 10.5 Å². The van der Waals surface area contributed by atoms with Crippen molar-refractivity contribution in [3.05, 3.63) is 36.4 Å². The van der Waals surface area contributed by atoms with E-state index in [-0.39, 0.29) is 11.3 Å². The molecule has 8 heteroatoms. The van der Waals surface area contributed by atoms with Gasteiger partial charge in [-0.25, -0.2) is 9.97 Å². The number of aryl methyl sites for hydroxylation is 1. The summed E-state index contributed by atoms with van der Waals surface area (Å²) in [5.41, 5.74) is 0.561. The third-order valence-electron chi connectivity index (χ3n) is 5.46. The molecule has 138 valence electrons. The molecule has 2 aliphatic heterocycles. The Morgan fingerprint density at radius 1 is 1.50 bits per heavy atom. The van der Waals surface area contributed by atoms with Gasteiger partial charge in [0.1, 0.15) is 17.8 Å². The van der Waals surface area contributed by atoms with Crippen molar-refractivity contribution in [1.82, 2.24) is 19.9 Å². The number of nitrogens with one attached hydrogen (secondary N) is 1. The van der Waals surface area contributed by atoms with Gasteiger partial charge in [0.15, 0.2) is 0 Å². The Labute approximate surface area is 152 Å². The lowest BCUT2D eigenvalue weighted by molar-refractivity contribution is 0.0912. The van der Waals surface area contributed by atoms with Crippen LogP contribution in [0.3, 0.4) is 0 Å². The number of fused-ring (bicyclic) bond motifs is 1. The molecule has 26 heavy (non-hydrogen) atoms. The minimum Gasteiger partial charge on any atom is -0.481 e. The Hall–Kier alpha value is -2.61. The first-order valence-electron chi connectivity index (χ1n) is 8.69. The number of hydrogen-bond acceptors (Lipinski definition) is 6. The van der Waals surface area contributed by atoms with E-state index in [1.165, 1.54) is 6.33 Å². The van der Waals surface area contributed by atoms with E-state index in [1.54, 1.807) is 7.11 Å². The number of anilines is 1. The van der Waals surface area contributed by atoms with Crippen LogP contribution >= 0.6 is 0 Å². The van der Waals surface area contributed by atoms with Crippen LogP contribution in [0.2, 0.25) is 0 Å². The molecular weight excluding hydrogens is 334 g/mol. The summed E-state index contributed by atoms with van der Waals surface area (Å²) in [7, 11) is 3.47. The minimum absolute atomic E-state index is 0.0559. The quantitative estimate of drug-likeness (QED) is 0.849. The van der Waals surface area contributed by atoms with Gasteiger partial charge in [0, 0.05) is 50.3 Å². The number of aromatic nitrogens is 3. The highest BCUT2D eigenvalue weighted by atomic mass is 16.5. The zero-order chi connectivity index (χ0) is 18.1. The molecule has 8 nitrogen and oxygen atoms in total. The molecule has 2 fully saturated rings. The van der Waals surface area contributed by atoms with Crippen LogP contribution in [-0.4, -0.2) is 60.4 Å². The van der Waals surface area contributed by atoms with E-state index in [4.69, 9.17) is 9.47 Å². The van der Waals surface area contributed by atoms with E-state index >= 15 is 0 Å². The van der Waals surface area contributed by atoms with Crippen molar-refractivity contribution in [3.63, 3.8) is 0 Å². The molecule has 4 rings (SSSR count). The first-order chi connectivity index (χ1) is 12.6. The smallest absolute Gasteiger partial charge is 0.267 e. The summed E-state index contributed by atoms with van der Waals surface area (Å²) in [5, 5.41) is 3.10. The van der Waals surface area contributed by atoms with E-state index in [1.807, 2.05) is 36.0 Å². The van der Waals surface area contributed by atoms with Crippen LogP contribution in [0.4, 0.5) is 5.82 Å². The molecule has 0 unspecified atom stereocenters. The zero-order valence-electron chi connectivity index (χ0n) is 15.0. The molecule has 2 atom stereocenters. The number of amides is 1. The normalized spacial score (nSPS) is 24.5. The Bertz CT molecular complexity index is 808. The highest BCUT2D eigenvalue weighted by molar-refractivity contribution is 5.92. The van der Waals surface area contributed by atoms with Crippen molar-refractivity contribution >= 4 is 11.7 Å². The molecule has 0 spiro atoms. The van der Waals surface area contributed by atoms with Gasteiger partial charge < -0.3 is 24.3 Å². The van der Waals surface area contributed by atoms with Crippen LogP contribution in [0.5, 0.6) is 5.88 Å². The van der Waals surface area contributed by atoms with Gasteiger partial charge in [-0.05, 0) is 12.1 Å². The Kier molecular flexibility index (Phi) is 4.28. The molecule has 0 aliphatic carbocycles. The maximum atomic E-state index is 12.5. The van der Waals surface area contributed by atoms with Crippen LogP contribution in [-0.2, 0) is 11.8 Å². The zero-order valence-corrected chi connectivity index (χ0v) is 15.0. The van der Waals surface area contributed by atoms with Crippen molar-refractivity contribution in [1.29, 1.82) is 0 Å². The summed E-state index contributed by atoms with van der Waals surface area (Å²) in [6.07, 6.45) is 3.39. The SMILES string of the molecule is COc1cc(N2C[C@H]3COC[C@@]3(CNC(=O)c3cccn3C)C2)ncn1. The van der Waals surface area contributed by atoms with Gasteiger partial charge in [0.05, 0.1) is 20.3 Å². The first-order valence-corrected chi connectivity index (χ1v) is 8.69. The second-order valence-electron chi connectivity index (χ2n) is 7.06. The van der Waals surface area contributed by atoms with Gasteiger partial charge in [-0.3, -0.25) is 4.79 Å². The summed E-state index contributed by atoms with van der Waals surface area (Å²) < 4.78 is 12.8. The number of carbonyl (C=O) groups is 1. The number of nitrogens with zero attached hydrogens (tertiary/aromatic N) is 4. The van der Waals surface area contributed by atoms with Crippen LogP contribution in [0.15, 0.2) is 30.7 Å². The fourth-order valence-electron chi connectivity index (χ4n) is 3.92. The number of hydrogen-bond donors (Lipinski definition) is 1. The van der Waals surface area contributed by atoms with Gasteiger partial charge in [-0.2, -0.15) is 0 Å². The average Bonchev–Trinajstić information content (AvgIpc) is 3.33. The third-order valence-corrected chi connectivity index (χ3v) is 5.46. The minimum atomic E-state index is -0.0982. The molecule has 0 radical (unpaired) electrons. The highest BCUT2D eigenvalue weighted by Crippen LogP contribution is 2.42. The number of ether oxygens (including phenoxy) is 2. The summed E-state index contributed by atoms with van der Waals surface area (Å²) >= 11 is 0. The van der Waals surface area contributed by atoms with Crippen LogP contribution in [0.25, 0.3) is 0 Å². The Morgan fingerprint density at radius 3 is 3.15 bits per heavy atom. The maximum absolute atomic E-state index is 12.5. The van der Waals surface area contributed by atoms with Crippen molar-refractivity contribution in [2.45, 2.75) is 0 Å². The Balaban J connectivity index is 1.48. The molecule has 0 aromatic carbocycles. The fraction of sp³-hybridized carbons (Fsp3) is 0.500. The molecule has 2 aromatic rings. The van der Waals surface area contributed by atoms with Crippen LogP contribution in [0, 0.1) is 11.3 Å². The molecule has 1 N–H and O–H groups in total. The van der Waals surface area contributed by atoms with E-state index in [2.05, 4.69) is 20.2 Å². The predicted molar refractivity (Wildman–Crippen MR) is 95.3 cm³/mol. The molecular formula is C18H23N5O3. The van der Waals surface area contributed by atoms with Gasteiger partial charge in [0.25, 0.3) is 5.91 Å². The van der Waals surface area contributed by atoms with Gasteiger partial charge >= 0.3 is 0 Å². The van der Waals surface area contributed by atoms with E-state index in [0.29, 0.717) is 37.3 Å². The lowest BCUT2D eigenvalue weighted by Crippen LogP contribution is -2.43. The Morgan fingerprint density at radius 2 is 2.38 bits per heavy atom. The van der Waals surface area contributed by atoms with E-state index < -0.39 is 0 Å². The summed E-state index contributed by atoms with van der Waals surface area (Å²) in [5.74, 6) is 1.70. The summed E-state index contributed by atoms with van der Waals surface area (Å²) in [4.78, 5) is 23.2. The van der Waals surface area contributed by atoms with Gasteiger partial charge in [0.2, 0.25) is 5.88 Å². The predicted octanol–water partition coefficient (Wildman–Crippen LogP) is 0.706. The second kappa shape index (κ2) is 6.60. The molecule has 2 aromatic heterocycles. The third kappa shape index (κ3) is 2.90. The molecule has 1 amide bonds. The monoisotopic (exact) mass is 357 g/mol. The second-order valence-corrected chi connectivity index (χ2v) is 7.06. The molecule has 0 bridgehead atoms. The van der Waals surface area contributed by atoms with Crippen molar-refractivity contribution < 1.29 is 14.3 Å².